The first kappa shape index (κ1) is 18.5. The van der Waals surface area contributed by atoms with E-state index in [-0.39, 0.29) is 30.1 Å². The molecule has 0 saturated heterocycles. The van der Waals surface area contributed by atoms with Crippen molar-refractivity contribution in [2.45, 2.75) is 6.42 Å². The zero-order chi connectivity index (χ0) is 20.2. The highest BCUT2D eigenvalue weighted by Crippen LogP contribution is 2.17. The van der Waals surface area contributed by atoms with Crippen molar-refractivity contribution in [2.24, 2.45) is 0 Å². The fourth-order valence-electron chi connectivity index (χ4n) is 3.32. The maximum absolute atomic E-state index is 12.3. The summed E-state index contributed by atoms with van der Waals surface area (Å²) in [5.74, 6) is -0.512. The summed E-state index contributed by atoms with van der Waals surface area (Å²) in [6.07, 6.45) is 2.10. The van der Waals surface area contributed by atoms with Gasteiger partial charge < -0.3 is 20.6 Å². The Bertz CT molecular complexity index is 1260. The number of hydrogen-bond acceptors (Lipinski definition) is 3. The number of para-hydroxylation sites is 1. The smallest absolute Gasteiger partial charge is 0.267 e. The average molecular weight is 388 g/mol. The Hall–Kier alpha value is -3.87. The van der Waals surface area contributed by atoms with Gasteiger partial charge in [0.15, 0.2) is 0 Å². The van der Waals surface area contributed by atoms with Crippen LogP contribution in [0.25, 0.3) is 21.7 Å². The second-order valence-electron chi connectivity index (χ2n) is 6.74. The Kier molecular flexibility index (Phi) is 5.11. The minimum Gasteiger partial charge on any atom is -0.361 e. The maximum atomic E-state index is 12.3. The Labute approximate surface area is 166 Å². The van der Waals surface area contributed by atoms with Crippen LogP contribution < -0.4 is 16.2 Å². The van der Waals surface area contributed by atoms with E-state index < -0.39 is 5.91 Å². The van der Waals surface area contributed by atoms with Crippen LogP contribution in [0.3, 0.4) is 0 Å². The van der Waals surface area contributed by atoms with Crippen LogP contribution in [0.1, 0.15) is 16.1 Å². The summed E-state index contributed by atoms with van der Waals surface area (Å²) in [5, 5.41) is 7.76. The van der Waals surface area contributed by atoms with Gasteiger partial charge in [0.1, 0.15) is 5.69 Å². The van der Waals surface area contributed by atoms with E-state index in [1.165, 1.54) is 0 Å². The molecule has 2 heterocycles. The van der Waals surface area contributed by atoms with Crippen LogP contribution >= 0.6 is 0 Å². The van der Waals surface area contributed by atoms with E-state index in [1.54, 1.807) is 24.3 Å². The number of pyridine rings is 1. The van der Waals surface area contributed by atoms with Gasteiger partial charge >= 0.3 is 0 Å². The predicted molar refractivity (Wildman–Crippen MR) is 112 cm³/mol. The fraction of sp³-hybridized carbons (Fsp3) is 0.136. The number of carbonyl (C=O) groups is 2. The van der Waals surface area contributed by atoms with E-state index in [0.717, 1.165) is 16.5 Å². The molecular formula is C22H20N4O3. The van der Waals surface area contributed by atoms with E-state index in [2.05, 4.69) is 20.6 Å². The summed E-state index contributed by atoms with van der Waals surface area (Å²) in [6.45, 7) is 0.554. The molecule has 4 rings (SSSR count). The highest BCUT2D eigenvalue weighted by molar-refractivity contribution is 5.96. The zero-order valence-electron chi connectivity index (χ0n) is 15.6. The van der Waals surface area contributed by atoms with Gasteiger partial charge in [0.2, 0.25) is 5.91 Å². The van der Waals surface area contributed by atoms with Crippen LogP contribution in [0.5, 0.6) is 0 Å². The van der Waals surface area contributed by atoms with E-state index in [0.29, 0.717) is 17.3 Å². The maximum Gasteiger partial charge on any atom is 0.267 e. The van der Waals surface area contributed by atoms with Crippen LogP contribution in [0.2, 0.25) is 0 Å². The second-order valence-corrected chi connectivity index (χ2v) is 6.74. The number of H-pyrrole nitrogens is 2. The van der Waals surface area contributed by atoms with Gasteiger partial charge in [-0.1, -0.05) is 36.4 Å². The first-order valence-electron chi connectivity index (χ1n) is 9.34. The second kappa shape index (κ2) is 8.02. The molecule has 4 N–H and O–H groups in total. The summed E-state index contributed by atoms with van der Waals surface area (Å²) in [6, 6.07) is 16.5. The van der Waals surface area contributed by atoms with E-state index >= 15 is 0 Å². The standard InChI is InChI=1S/C22H20N4O3/c27-20(12-15-13-25-18-8-4-3-6-16(15)18)23-9-10-24-22(29)19-11-14-5-1-2-7-17(14)21(28)26-19/h1-8,11,13,25H,9-10,12H2,(H,23,27)(H,24,29)(H,26,28). The molecule has 0 aliphatic carbocycles. The lowest BCUT2D eigenvalue weighted by atomic mass is 10.1. The predicted octanol–water partition coefficient (Wildman–Crippen LogP) is 2.10. The number of rotatable bonds is 6. The summed E-state index contributed by atoms with van der Waals surface area (Å²) >= 11 is 0. The topological polar surface area (TPSA) is 107 Å². The van der Waals surface area contributed by atoms with Gasteiger partial charge in [-0.15, -0.1) is 0 Å². The molecule has 7 nitrogen and oxygen atoms in total. The van der Waals surface area contributed by atoms with Crippen molar-refractivity contribution in [3.8, 4) is 0 Å². The van der Waals surface area contributed by atoms with Crippen molar-refractivity contribution < 1.29 is 9.59 Å². The minimum absolute atomic E-state index is 0.122. The number of carbonyl (C=O) groups excluding carboxylic acids is 2. The molecule has 0 bridgehead atoms. The summed E-state index contributed by atoms with van der Waals surface area (Å²) in [4.78, 5) is 42.3. The molecule has 0 aliphatic heterocycles. The summed E-state index contributed by atoms with van der Waals surface area (Å²) in [5.41, 5.74) is 1.81. The van der Waals surface area contributed by atoms with Crippen LogP contribution in [-0.4, -0.2) is 34.9 Å². The molecular weight excluding hydrogens is 368 g/mol. The number of nitrogens with one attached hydrogen (secondary N) is 4. The number of fused-ring (bicyclic) bond motifs is 2. The van der Waals surface area contributed by atoms with Crippen LogP contribution in [0.15, 0.2) is 65.6 Å². The molecule has 0 unspecified atom stereocenters. The van der Waals surface area contributed by atoms with Gasteiger partial charge in [0.05, 0.1) is 6.42 Å². The highest BCUT2D eigenvalue weighted by Gasteiger charge is 2.10. The summed E-state index contributed by atoms with van der Waals surface area (Å²) in [7, 11) is 0. The lowest BCUT2D eigenvalue weighted by molar-refractivity contribution is -0.120. The average Bonchev–Trinajstić information content (AvgIpc) is 3.14. The lowest BCUT2D eigenvalue weighted by Crippen LogP contribution is -2.36. The van der Waals surface area contributed by atoms with Crippen molar-refractivity contribution in [1.29, 1.82) is 0 Å². The molecule has 2 amide bonds. The molecule has 7 heteroatoms. The molecule has 0 spiro atoms. The number of aromatic nitrogens is 2. The molecule has 0 fully saturated rings. The molecule has 0 radical (unpaired) electrons. The molecule has 2 aromatic carbocycles. The Morgan fingerprint density at radius 2 is 1.62 bits per heavy atom. The molecule has 2 aromatic heterocycles. The van der Waals surface area contributed by atoms with Gasteiger partial charge in [-0.2, -0.15) is 0 Å². The quantitative estimate of drug-likeness (QED) is 0.380. The first-order chi connectivity index (χ1) is 14.1. The number of benzene rings is 2. The third kappa shape index (κ3) is 4.03. The SMILES string of the molecule is O=C(Cc1c[nH]c2ccccc12)NCCNC(=O)c1cc2ccccc2c(=O)[nH]1. The van der Waals surface area contributed by atoms with Gasteiger partial charge in [-0.05, 0) is 29.1 Å². The normalized spacial score (nSPS) is 10.9. The molecule has 0 atom stereocenters. The Morgan fingerprint density at radius 3 is 2.48 bits per heavy atom. The molecule has 29 heavy (non-hydrogen) atoms. The van der Waals surface area contributed by atoms with Gasteiger partial charge in [0, 0.05) is 35.6 Å². The van der Waals surface area contributed by atoms with Crippen LogP contribution in [0.4, 0.5) is 0 Å². The molecule has 0 saturated carbocycles. The van der Waals surface area contributed by atoms with Crippen molar-refractivity contribution in [1.82, 2.24) is 20.6 Å². The van der Waals surface area contributed by atoms with Crippen molar-refractivity contribution in [3.63, 3.8) is 0 Å². The largest absolute Gasteiger partial charge is 0.361 e. The minimum atomic E-state index is -0.390. The fourth-order valence-corrected chi connectivity index (χ4v) is 3.32. The van der Waals surface area contributed by atoms with Crippen molar-refractivity contribution in [3.05, 3.63) is 82.4 Å². The molecule has 0 aliphatic rings. The number of amides is 2. The van der Waals surface area contributed by atoms with Gasteiger partial charge in [-0.25, -0.2) is 0 Å². The molecule has 146 valence electrons. The Balaban J connectivity index is 1.29. The van der Waals surface area contributed by atoms with Gasteiger partial charge in [0.25, 0.3) is 11.5 Å². The lowest BCUT2D eigenvalue weighted by Gasteiger charge is -2.08. The third-order valence-electron chi connectivity index (χ3n) is 4.76. The number of aromatic amines is 2. The molecule has 4 aromatic rings. The third-order valence-corrected chi connectivity index (χ3v) is 4.76. The monoisotopic (exact) mass is 388 g/mol. The van der Waals surface area contributed by atoms with E-state index in [4.69, 9.17) is 0 Å². The number of hydrogen-bond donors (Lipinski definition) is 4. The van der Waals surface area contributed by atoms with Crippen molar-refractivity contribution >= 4 is 33.5 Å². The Morgan fingerprint density at radius 1 is 0.897 bits per heavy atom. The first-order valence-corrected chi connectivity index (χ1v) is 9.34. The van der Waals surface area contributed by atoms with Crippen LogP contribution in [-0.2, 0) is 11.2 Å². The zero-order valence-corrected chi connectivity index (χ0v) is 15.6. The van der Waals surface area contributed by atoms with E-state index in [9.17, 15) is 14.4 Å². The van der Waals surface area contributed by atoms with Crippen molar-refractivity contribution in [2.75, 3.05) is 13.1 Å². The van der Waals surface area contributed by atoms with Gasteiger partial charge in [-0.3, -0.25) is 14.4 Å². The summed E-state index contributed by atoms with van der Waals surface area (Å²) < 4.78 is 0. The van der Waals surface area contributed by atoms with E-state index in [1.807, 2.05) is 36.5 Å². The highest BCUT2D eigenvalue weighted by atomic mass is 16.2. The van der Waals surface area contributed by atoms with Crippen LogP contribution in [0, 0.1) is 0 Å².